The molecule has 1 aliphatic rings. The van der Waals surface area contributed by atoms with E-state index in [0.29, 0.717) is 6.54 Å². The monoisotopic (exact) mass is 187 g/mol. The van der Waals surface area contributed by atoms with Gasteiger partial charge in [-0.3, -0.25) is 0 Å². The molecule has 0 aromatic heterocycles. The zero-order valence-corrected chi connectivity index (χ0v) is 8.89. The number of ether oxygens (including phenoxy) is 1. The fraction of sp³-hybridized carbons (Fsp3) is 1.00. The van der Waals surface area contributed by atoms with Gasteiger partial charge in [0, 0.05) is 18.7 Å². The lowest BCUT2D eigenvalue weighted by Gasteiger charge is -2.29. The Kier molecular flexibility index (Phi) is 3.33. The van der Waals surface area contributed by atoms with E-state index in [1.54, 1.807) is 0 Å². The van der Waals surface area contributed by atoms with E-state index in [4.69, 9.17) is 4.74 Å². The van der Waals surface area contributed by atoms with E-state index in [0.717, 1.165) is 26.1 Å². The minimum Gasteiger partial charge on any atom is -0.389 e. The molecule has 1 fully saturated rings. The minimum absolute atomic E-state index is 0.0686. The van der Waals surface area contributed by atoms with Crippen molar-refractivity contribution >= 4 is 0 Å². The smallest absolute Gasteiger partial charge is 0.0741 e. The second-order valence-electron chi connectivity index (χ2n) is 4.57. The Hall–Kier alpha value is -0.120. The number of rotatable bonds is 4. The molecule has 0 aromatic rings. The molecule has 2 unspecified atom stereocenters. The van der Waals surface area contributed by atoms with Gasteiger partial charge in [0.1, 0.15) is 0 Å². The van der Waals surface area contributed by atoms with E-state index in [1.165, 1.54) is 0 Å². The van der Waals surface area contributed by atoms with Crippen LogP contribution in [0, 0.1) is 0 Å². The second-order valence-corrected chi connectivity index (χ2v) is 4.57. The molecule has 3 nitrogen and oxygen atoms in total. The number of nitrogens with one attached hydrogen (secondary N) is 1. The van der Waals surface area contributed by atoms with Gasteiger partial charge >= 0.3 is 0 Å². The zero-order valence-electron chi connectivity index (χ0n) is 8.89. The predicted molar refractivity (Wildman–Crippen MR) is 52.8 cm³/mol. The van der Waals surface area contributed by atoms with E-state index < -0.39 is 5.60 Å². The van der Waals surface area contributed by atoms with Gasteiger partial charge in [-0.2, -0.15) is 0 Å². The molecule has 0 aliphatic carbocycles. The molecule has 13 heavy (non-hydrogen) atoms. The van der Waals surface area contributed by atoms with Crippen LogP contribution in [0.2, 0.25) is 0 Å². The van der Waals surface area contributed by atoms with Gasteiger partial charge in [-0.15, -0.1) is 0 Å². The van der Waals surface area contributed by atoms with Crippen LogP contribution in [0.4, 0.5) is 0 Å². The van der Waals surface area contributed by atoms with Crippen LogP contribution < -0.4 is 5.32 Å². The molecule has 1 heterocycles. The van der Waals surface area contributed by atoms with Crippen LogP contribution in [-0.2, 0) is 4.74 Å². The van der Waals surface area contributed by atoms with Gasteiger partial charge in [-0.25, -0.2) is 0 Å². The van der Waals surface area contributed by atoms with E-state index in [2.05, 4.69) is 12.2 Å². The normalized spacial score (nSPS) is 33.2. The maximum Gasteiger partial charge on any atom is 0.0741 e. The first-order valence-electron chi connectivity index (χ1n) is 5.03. The Labute approximate surface area is 80.5 Å². The van der Waals surface area contributed by atoms with Gasteiger partial charge in [0.25, 0.3) is 0 Å². The summed E-state index contributed by atoms with van der Waals surface area (Å²) in [6.07, 6.45) is 1.81. The highest BCUT2D eigenvalue weighted by molar-refractivity contribution is 4.89. The van der Waals surface area contributed by atoms with Crippen LogP contribution in [0.1, 0.15) is 33.6 Å². The van der Waals surface area contributed by atoms with E-state index >= 15 is 0 Å². The number of β-amino-alcohol motifs (C(OH)–C–C–N with tert-alkyl or cyclic N) is 1. The Morgan fingerprint density at radius 3 is 2.77 bits per heavy atom. The fourth-order valence-electron chi connectivity index (χ4n) is 1.34. The van der Waals surface area contributed by atoms with Gasteiger partial charge in [0.2, 0.25) is 0 Å². The quantitative estimate of drug-likeness (QED) is 0.687. The van der Waals surface area contributed by atoms with Crippen LogP contribution in [0.3, 0.4) is 0 Å². The van der Waals surface area contributed by atoms with Crippen molar-refractivity contribution in [1.29, 1.82) is 0 Å². The Bertz CT molecular complexity index is 162. The average Bonchev–Trinajstić information content (AvgIpc) is 2.50. The van der Waals surface area contributed by atoms with E-state index in [-0.39, 0.29) is 5.54 Å². The summed E-state index contributed by atoms with van der Waals surface area (Å²) >= 11 is 0. The van der Waals surface area contributed by atoms with Crippen LogP contribution in [0.15, 0.2) is 0 Å². The zero-order chi connectivity index (χ0) is 9.95. The summed E-state index contributed by atoms with van der Waals surface area (Å²) in [5.41, 5.74) is -0.523. The van der Waals surface area contributed by atoms with Crippen molar-refractivity contribution in [2.45, 2.75) is 44.8 Å². The summed E-state index contributed by atoms with van der Waals surface area (Å²) in [6.45, 7) is 8.23. The molecule has 1 rings (SSSR count). The third-order valence-electron chi connectivity index (χ3n) is 2.88. The molecule has 0 spiro atoms. The van der Waals surface area contributed by atoms with Gasteiger partial charge in [0.15, 0.2) is 0 Å². The minimum atomic E-state index is -0.592. The van der Waals surface area contributed by atoms with Crippen molar-refractivity contribution in [2.75, 3.05) is 19.8 Å². The summed E-state index contributed by atoms with van der Waals surface area (Å²) in [5.74, 6) is 0. The van der Waals surface area contributed by atoms with Gasteiger partial charge < -0.3 is 15.2 Å². The highest BCUT2D eigenvalue weighted by atomic mass is 16.5. The maximum atomic E-state index is 9.79. The molecule has 0 amide bonds. The number of aliphatic hydroxyl groups is 1. The highest BCUT2D eigenvalue weighted by Gasteiger charge is 2.31. The fourth-order valence-corrected chi connectivity index (χ4v) is 1.34. The molecule has 3 heteroatoms. The molecule has 2 N–H and O–H groups in total. The number of hydrogen-bond donors (Lipinski definition) is 2. The molecule has 1 aliphatic heterocycles. The Balaban J connectivity index is 2.32. The largest absolute Gasteiger partial charge is 0.389 e. The first kappa shape index (κ1) is 11.0. The molecule has 0 radical (unpaired) electrons. The topological polar surface area (TPSA) is 41.5 Å². The lowest BCUT2D eigenvalue weighted by Crippen LogP contribution is -2.49. The van der Waals surface area contributed by atoms with E-state index in [9.17, 15) is 5.11 Å². The van der Waals surface area contributed by atoms with Crippen molar-refractivity contribution in [3.63, 3.8) is 0 Å². The molecule has 0 saturated carbocycles. The molecule has 78 valence electrons. The summed E-state index contributed by atoms with van der Waals surface area (Å²) in [5, 5.41) is 13.2. The number of hydrogen-bond acceptors (Lipinski definition) is 3. The van der Waals surface area contributed by atoms with Crippen molar-refractivity contribution in [1.82, 2.24) is 5.32 Å². The lowest BCUT2D eigenvalue weighted by molar-refractivity contribution is 0.0457. The first-order valence-corrected chi connectivity index (χ1v) is 5.03. The first-order chi connectivity index (χ1) is 5.97. The van der Waals surface area contributed by atoms with Crippen molar-refractivity contribution in [3.8, 4) is 0 Å². The SMILES string of the molecule is CCC(C)(O)CNC1(C)CCOC1. The van der Waals surface area contributed by atoms with Crippen LogP contribution in [-0.4, -0.2) is 36.0 Å². The van der Waals surface area contributed by atoms with Crippen molar-refractivity contribution in [2.24, 2.45) is 0 Å². The molecular weight excluding hydrogens is 166 g/mol. The molecule has 2 atom stereocenters. The second kappa shape index (κ2) is 3.95. The summed E-state index contributed by atoms with van der Waals surface area (Å²) in [4.78, 5) is 0. The molecule has 0 bridgehead atoms. The Morgan fingerprint density at radius 1 is 1.62 bits per heavy atom. The van der Waals surface area contributed by atoms with Crippen LogP contribution in [0.25, 0.3) is 0 Å². The van der Waals surface area contributed by atoms with Gasteiger partial charge in [-0.1, -0.05) is 6.92 Å². The third-order valence-corrected chi connectivity index (χ3v) is 2.88. The van der Waals surface area contributed by atoms with Crippen molar-refractivity contribution < 1.29 is 9.84 Å². The molecular formula is C10H21NO2. The van der Waals surface area contributed by atoms with Gasteiger partial charge in [0.05, 0.1) is 12.2 Å². The summed E-state index contributed by atoms with van der Waals surface area (Å²) in [6, 6.07) is 0. The van der Waals surface area contributed by atoms with E-state index in [1.807, 2.05) is 13.8 Å². The Morgan fingerprint density at radius 2 is 2.31 bits per heavy atom. The lowest BCUT2D eigenvalue weighted by atomic mass is 9.98. The van der Waals surface area contributed by atoms with Gasteiger partial charge in [-0.05, 0) is 26.7 Å². The molecule has 0 aromatic carbocycles. The van der Waals surface area contributed by atoms with Crippen LogP contribution in [0.5, 0.6) is 0 Å². The van der Waals surface area contributed by atoms with Crippen molar-refractivity contribution in [3.05, 3.63) is 0 Å². The predicted octanol–water partition coefficient (Wildman–Crippen LogP) is 0.916. The van der Waals surface area contributed by atoms with Crippen LogP contribution >= 0.6 is 0 Å². The highest BCUT2D eigenvalue weighted by Crippen LogP contribution is 2.18. The standard InChI is InChI=1S/C10H21NO2/c1-4-10(3,12)7-11-9(2)5-6-13-8-9/h11-12H,4-8H2,1-3H3. The third kappa shape index (κ3) is 3.25. The summed E-state index contributed by atoms with van der Waals surface area (Å²) in [7, 11) is 0. The molecule has 1 saturated heterocycles. The summed E-state index contributed by atoms with van der Waals surface area (Å²) < 4.78 is 5.31. The average molecular weight is 187 g/mol. The maximum absolute atomic E-state index is 9.79.